The summed E-state index contributed by atoms with van der Waals surface area (Å²) in [6.07, 6.45) is 4.65. The summed E-state index contributed by atoms with van der Waals surface area (Å²) >= 11 is 1.85. The second-order valence-corrected chi connectivity index (χ2v) is 6.02. The molecule has 2 rings (SSSR count). The van der Waals surface area contributed by atoms with Gasteiger partial charge < -0.3 is 10.1 Å². The fourth-order valence-corrected chi connectivity index (χ4v) is 3.30. The third-order valence-corrected chi connectivity index (χ3v) is 4.78. The number of hydrogen-bond acceptors (Lipinski definition) is 5. The molecule has 1 saturated carbocycles. The molecule has 1 heterocycles. The Bertz CT molecular complexity index is 447. The first kappa shape index (κ1) is 14.2. The molecule has 0 radical (unpaired) electrons. The van der Waals surface area contributed by atoms with Crippen molar-refractivity contribution in [3.63, 3.8) is 0 Å². The summed E-state index contributed by atoms with van der Waals surface area (Å²) in [6, 6.07) is 4.01. The molecular formula is C14H20N2O2S. The molecule has 1 aromatic heterocycles. The first-order valence-corrected chi connectivity index (χ1v) is 7.60. The molecule has 0 aliphatic heterocycles. The Hall–Kier alpha value is -1.23. The van der Waals surface area contributed by atoms with Crippen LogP contribution in [0.3, 0.4) is 0 Å². The fraction of sp³-hybridized carbons (Fsp3) is 0.571. The molecule has 1 aromatic rings. The van der Waals surface area contributed by atoms with Gasteiger partial charge in [-0.05, 0) is 36.1 Å². The standard InChI is InChI=1S/C14H20N2O2S/c1-15-11-3-6-16-12(7-11)9-19-10-14(4-5-14)8-13(17)18-2/h3,6-7H,4-5,8-10H2,1-2H3,(H,15,16). The number of hydrogen-bond donors (Lipinski definition) is 1. The largest absolute Gasteiger partial charge is 0.469 e. The molecule has 4 nitrogen and oxygen atoms in total. The highest BCUT2D eigenvalue weighted by atomic mass is 32.2. The smallest absolute Gasteiger partial charge is 0.306 e. The number of pyridine rings is 1. The molecular weight excluding hydrogens is 260 g/mol. The van der Waals surface area contributed by atoms with Crippen LogP contribution in [0.2, 0.25) is 0 Å². The molecule has 0 aromatic carbocycles. The molecule has 1 aliphatic carbocycles. The van der Waals surface area contributed by atoms with Crippen LogP contribution in [0.25, 0.3) is 0 Å². The van der Waals surface area contributed by atoms with Crippen molar-refractivity contribution >= 4 is 23.4 Å². The Labute approximate surface area is 118 Å². The lowest BCUT2D eigenvalue weighted by Crippen LogP contribution is -2.13. The SMILES string of the molecule is CNc1ccnc(CSCC2(CC(=O)OC)CC2)c1. The summed E-state index contributed by atoms with van der Waals surface area (Å²) < 4.78 is 4.75. The molecule has 0 bridgehead atoms. The van der Waals surface area contributed by atoms with E-state index in [1.807, 2.05) is 31.1 Å². The Balaban J connectivity index is 1.78. The second kappa shape index (κ2) is 6.28. The number of ether oxygens (including phenoxy) is 1. The monoisotopic (exact) mass is 280 g/mol. The molecule has 1 fully saturated rings. The Kier molecular flexibility index (Phi) is 4.69. The van der Waals surface area contributed by atoms with Crippen molar-refractivity contribution in [2.75, 3.05) is 25.2 Å². The van der Waals surface area contributed by atoms with Crippen molar-refractivity contribution in [2.24, 2.45) is 5.41 Å². The number of anilines is 1. The summed E-state index contributed by atoms with van der Waals surface area (Å²) in [5.74, 6) is 1.81. The molecule has 0 atom stereocenters. The zero-order chi connectivity index (χ0) is 13.7. The lowest BCUT2D eigenvalue weighted by atomic mass is 10.1. The summed E-state index contributed by atoms with van der Waals surface area (Å²) in [4.78, 5) is 15.7. The number of carbonyl (C=O) groups is 1. The first-order chi connectivity index (χ1) is 9.17. The van der Waals surface area contributed by atoms with Crippen LogP contribution in [0.4, 0.5) is 5.69 Å². The Morgan fingerprint density at radius 2 is 2.37 bits per heavy atom. The zero-order valence-corrected chi connectivity index (χ0v) is 12.3. The molecule has 0 amide bonds. The van der Waals surface area contributed by atoms with Crippen LogP contribution in [0.15, 0.2) is 18.3 Å². The van der Waals surface area contributed by atoms with E-state index in [-0.39, 0.29) is 11.4 Å². The minimum atomic E-state index is -0.0894. The van der Waals surface area contributed by atoms with Crippen LogP contribution in [-0.4, -0.2) is 30.9 Å². The molecule has 1 N–H and O–H groups in total. The van der Waals surface area contributed by atoms with Gasteiger partial charge in [-0.15, -0.1) is 0 Å². The van der Waals surface area contributed by atoms with Crippen LogP contribution in [-0.2, 0) is 15.3 Å². The number of aromatic nitrogens is 1. The zero-order valence-electron chi connectivity index (χ0n) is 11.4. The van der Waals surface area contributed by atoms with Gasteiger partial charge in [-0.1, -0.05) is 0 Å². The van der Waals surface area contributed by atoms with E-state index in [1.165, 1.54) is 7.11 Å². The minimum Gasteiger partial charge on any atom is -0.469 e. The molecule has 0 saturated heterocycles. The number of nitrogens with one attached hydrogen (secondary N) is 1. The summed E-state index contributed by atoms with van der Waals surface area (Å²) in [6.45, 7) is 0. The van der Waals surface area contributed by atoms with Gasteiger partial charge in [0.05, 0.1) is 19.2 Å². The van der Waals surface area contributed by atoms with E-state index in [0.717, 1.165) is 35.7 Å². The van der Waals surface area contributed by atoms with Crippen molar-refractivity contribution in [3.05, 3.63) is 24.0 Å². The maximum Gasteiger partial charge on any atom is 0.306 e. The minimum absolute atomic E-state index is 0.0894. The molecule has 0 spiro atoms. The van der Waals surface area contributed by atoms with Crippen LogP contribution in [0, 0.1) is 5.41 Å². The predicted octanol–water partition coefficient (Wildman–Crippen LogP) is 2.70. The van der Waals surface area contributed by atoms with Gasteiger partial charge in [0.25, 0.3) is 0 Å². The van der Waals surface area contributed by atoms with Gasteiger partial charge in [-0.25, -0.2) is 0 Å². The highest BCUT2D eigenvalue weighted by molar-refractivity contribution is 7.98. The molecule has 5 heteroatoms. The average molecular weight is 280 g/mol. The van der Waals surface area contributed by atoms with Crippen molar-refractivity contribution < 1.29 is 9.53 Å². The van der Waals surface area contributed by atoms with Gasteiger partial charge in [-0.2, -0.15) is 11.8 Å². The normalized spacial score (nSPS) is 15.9. The maximum atomic E-state index is 11.3. The van der Waals surface area contributed by atoms with Gasteiger partial charge in [-0.3, -0.25) is 9.78 Å². The quantitative estimate of drug-likeness (QED) is 0.778. The van der Waals surface area contributed by atoms with Gasteiger partial charge in [0, 0.05) is 24.7 Å². The number of rotatable bonds is 7. The van der Waals surface area contributed by atoms with Gasteiger partial charge in [0.2, 0.25) is 0 Å². The lowest BCUT2D eigenvalue weighted by Gasteiger charge is -2.13. The summed E-state index contributed by atoms with van der Waals surface area (Å²) in [5.41, 5.74) is 2.35. The van der Waals surface area contributed by atoms with E-state index < -0.39 is 0 Å². The summed E-state index contributed by atoms with van der Waals surface area (Å²) in [7, 11) is 3.36. The third-order valence-electron chi connectivity index (χ3n) is 3.47. The topological polar surface area (TPSA) is 51.2 Å². The number of nitrogens with zero attached hydrogens (tertiary/aromatic N) is 1. The predicted molar refractivity (Wildman–Crippen MR) is 78.2 cm³/mol. The van der Waals surface area contributed by atoms with Gasteiger partial charge in [0.1, 0.15) is 0 Å². The van der Waals surface area contributed by atoms with Crippen LogP contribution in [0.1, 0.15) is 25.0 Å². The molecule has 1 aliphatic rings. The molecule has 104 valence electrons. The fourth-order valence-electron chi connectivity index (χ4n) is 2.01. The van der Waals surface area contributed by atoms with Crippen molar-refractivity contribution in [3.8, 4) is 0 Å². The summed E-state index contributed by atoms with van der Waals surface area (Å²) in [5, 5.41) is 3.11. The number of thioether (sulfide) groups is 1. The molecule has 19 heavy (non-hydrogen) atoms. The highest BCUT2D eigenvalue weighted by Gasteiger charge is 2.44. The van der Waals surface area contributed by atoms with Crippen LogP contribution in [0.5, 0.6) is 0 Å². The molecule has 0 unspecified atom stereocenters. The lowest BCUT2D eigenvalue weighted by molar-refractivity contribution is -0.141. The van der Waals surface area contributed by atoms with Crippen molar-refractivity contribution in [1.29, 1.82) is 0 Å². The van der Waals surface area contributed by atoms with Gasteiger partial charge in [0.15, 0.2) is 0 Å². The van der Waals surface area contributed by atoms with E-state index in [0.29, 0.717) is 6.42 Å². The average Bonchev–Trinajstić information content (AvgIpc) is 3.18. The Morgan fingerprint density at radius 1 is 1.58 bits per heavy atom. The second-order valence-electron chi connectivity index (χ2n) is 5.03. The van der Waals surface area contributed by atoms with E-state index in [9.17, 15) is 4.79 Å². The highest BCUT2D eigenvalue weighted by Crippen LogP contribution is 2.51. The number of esters is 1. The van der Waals surface area contributed by atoms with E-state index >= 15 is 0 Å². The Morgan fingerprint density at radius 3 is 3.00 bits per heavy atom. The van der Waals surface area contributed by atoms with E-state index in [2.05, 4.69) is 16.4 Å². The van der Waals surface area contributed by atoms with E-state index in [1.54, 1.807) is 0 Å². The first-order valence-electron chi connectivity index (χ1n) is 6.45. The van der Waals surface area contributed by atoms with Crippen LogP contribution < -0.4 is 5.32 Å². The van der Waals surface area contributed by atoms with Crippen molar-refractivity contribution in [2.45, 2.75) is 25.0 Å². The number of methoxy groups -OCH3 is 1. The van der Waals surface area contributed by atoms with Crippen molar-refractivity contribution in [1.82, 2.24) is 4.98 Å². The maximum absolute atomic E-state index is 11.3. The van der Waals surface area contributed by atoms with Crippen LogP contribution >= 0.6 is 11.8 Å². The third kappa shape index (κ3) is 4.13. The number of carbonyl (C=O) groups excluding carboxylic acids is 1. The van der Waals surface area contributed by atoms with E-state index in [4.69, 9.17) is 4.74 Å². The van der Waals surface area contributed by atoms with Gasteiger partial charge >= 0.3 is 5.97 Å².